The third kappa shape index (κ3) is 3.78. The highest BCUT2D eigenvalue weighted by atomic mass is 15.1. The molecule has 4 nitrogen and oxygen atoms in total. The molecule has 1 fully saturated rings. The summed E-state index contributed by atoms with van der Waals surface area (Å²) < 4.78 is 0. The van der Waals surface area contributed by atoms with Crippen LogP contribution in [0, 0.1) is 5.92 Å². The van der Waals surface area contributed by atoms with E-state index in [1.807, 2.05) is 6.20 Å². The summed E-state index contributed by atoms with van der Waals surface area (Å²) in [6.07, 6.45) is 14.0. The van der Waals surface area contributed by atoms with Crippen molar-refractivity contribution < 1.29 is 0 Å². The highest BCUT2D eigenvalue weighted by Crippen LogP contribution is 2.29. The molecule has 1 heterocycles. The minimum Gasteiger partial charge on any atom is -0.368 e. The maximum atomic E-state index is 5.70. The number of nitrogen functional groups attached to an aromatic ring is 1. The predicted octanol–water partition coefficient (Wildman–Crippen LogP) is 3.21. The van der Waals surface area contributed by atoms with Crippen molar-refractivity contribution in [2.24, 2.45) is 5.92 Å². The van der Waals surface area contributed by atoms with Crippen LogP contribution in [0.25, 0.3) is 0 Å². The summed E-state index contributed by atoms with van der Waals surface area (Å²) in [4.78, 5) is 11.2. The third-order valence-electron chi connectivity index (χ3n) is 5.60. The summed E-state index contributed by atoms with van der Waals surface area (Å²) in [6, 6.07) is 0.660. The van der Waals surface area contributed by atoms with E-state index < -0.39 is 0 Å². The van der Waals surface area contributed by atoms with E-state index in [0.717, 1.165) is 25.3 Å². The molecule has 0 radical (unpaired) electrons. The molecule has 122 valence electrons. The van der Waals surface area contributed by atoms with Gasteiger partial charge < -0.3 is 10.6 Å². The summed E-state index contributed by atoms with van der Waals surface area (Å²) in [5.41, 5.74) is 8.17. The molecule has 0 aromatic carbocycles. The number of hydrogen-bond donors (Lipinski definition) is 1. The molecule has 1 atom stereocenters. The highest BCUT2D eigenvalue weighted by Gasteiger charge is 2.25. The maximum Gasteiger partial charge on any atom is 0.220 e. The van der Waals surface area contributed by atoms with Crippen LogP contribution in [-0.4, -0.2) is 34.0 Å². The van der Waals surface area contributed by atoms with Crippen LogP contribution >= 0.6 is 0 Å². The number of aromatic nitrogens is 2. The molecule has 22 heavy (non-hydrogen) atoms. The van der Waals surface area contributed by atoms with E-state index in [2.05, 4.69) is 21.8 Å². The van der Waals surface area contributed by atoms with Crippen LogP contribution in [0.15, 0.2) is 6.20 Å². The topological polar surface area (TPSA) is 55.0 Å². The van der Waals surface area contributed by atoms with E-state index in [1.54, 1.807) is 0 Å². The Labute approximate surface area is 134 Å². The number of fused-ring (bicyclic) bond motifs is 1. The molecule has 0 aliphatic heterocycles. The molecular formula is C18H30N4. The summed E-state index contributed by atoms with van der Waals surface area (Å²) in [6.45, 7) is 4.70. The zero-order chi connectivity index (χ0) is 15.4. The van der Waals surface area contributed by atoms with Crippen LogP contribution in [0.4, 0.5) is 5.95 Å². The average Bonchev–Trinajstić information content (AvgIpc) is 3.04. The first-order valence-corrected chi connectivity index (χ1v) is 9.10. The molecule has 1 aromatic rings. The lowest BCUT2D eigenvalue weighted by atomic mass is 9.91. The van der Waals surface area contributed by atoms with E-state index in [0.29, 0.717) is 12.0 Å². The van der Waals surface area contributed by atoms with Gasteiger partial charge in [-0.2, -0.15) is 0 Å². The molecule has 1 unspecified atom stereocenters. The second kappa shape index (κ2) is 7.40. The molecule has 2 N–H and O–H groups in total. The SMILES string of the molecule is CCN(CCCC1CCCC1)C1CCc2nc(N)ncc2C1. The Morgan fingerprint density at radius 2 is 2.09 bits per heavy atom. The van der Waals surface area contributed by atoms with Gasteiger partial charge in [-0.1, -0.05) is 32.6 Å². The van der Waals surface area contributed by atoms with E-state index in [1.165, 1.54) is 62.7 Å². The normalized spacial score (nSPS) is 22.2. The smallest absolute Gasteiger partial charge is 0.220 e. The van der Waals surface area contributed by atoms with Crippen LogP contribution in [0.2, 0.25) is 0 Å². The lowest BCUT2D eigenvalue weighted by Gasteiger charge is -2.34. The molecule has 1 saturated carbocycles. The monoisotopic (exact) mass is 302 g/mol. The number of likely N-dealkylation sites (N-methyl/N-ethyl adjacent to an activating group) is 1. The zero-order valence-corrected chi connectivity index (χ0v) is 13.9. The highest BCUT2D eigenvalue weighted by molar-refractivity contribution is 5.28. The predicted molar refractivity (Wildman–Crippen MR) is 90.7 cm³/mol. The second-order valence-electron chi connectivity index (χ2n) is 7.02. The first-order valence-electron chi connectivity index (χ1n) is 9.10. The van der Waals surface area contributed by atoms with Crippen LogP contribution in [0.5, 0.6) is 0 Å². The number of nitrogens with two attached hydrogens (primary N) is 1. The molecule has 2 aliphatic rings. The quantitative estimate of drug-likeness (QED) is 0.876. The Balaban J connectivity index is 1.51. The van der Waals surface area contributed by atoms with Gasteiger partial charge in [0.25, 0.3) is 0 Å². The molecule has 0 spiro atoms. The molecular weight excluding hydrogens is 272 g/mol. The molecule has 0 saturated heterocycles. The van der Waals surface area contributed by atoms with Gasteiger partial charge in [0.05, 0.1) is 0 Å². The van der Waals surface area contributed by atoms with Crippen molar-refractivity contribution in [3.63, 3.8) is 0 Å². The molecule has 0 bridgehead atoms. The average molecular weight is 302 g/mol. The molecule has 4 heteroatoms. The van der Waals surface area contributed by atoms with Crippen LogP contribution in [0.1, 0.15) is 63.1 Å². The van der Waals surface area contributed by atoms with Gasteiger partial charge in [0, 0.05) is 17.9 Å². The van der Waals surface area contributed by atoms with Crippen molar-refractivity contribution in [2.75, 3.05) is 18.8 Å². The largest absolute Gasteiger partial charge is 0.368 e. The fraction of sp³-hybridized carbons (Fsp3) is 0.778. The fourth-order valence-electron chi connectivity index (χ4n) is 4.30. The van der Waals surface area contributed by atoms with Gasteiger partial charge in [-0.05, 0) is 56.7 Å². The van der Waals surface area contributed by atoms with Crippen molar-refractivity contribution in [3.8, 4) is 0 Å². The van der Waals surface area contributed by atoms with Gasteiger partial charge in [-0.3, -0.25) is 0 Å². The Morgan fingerprint density at radius 3 is 2.86 bits per heavy atom. The Kier molecular flexibility index (Phi) is 5.29. The van der Waals surface area contributed by atoms with Crippen molar-refractivity contribution in [1.29, 1.82) is 0 Å². The number of rotatable bonds is 6. The third-order valence-corrected chi connectivity index (χ3v) is 5.60. The van der Waals surface area contributed by atoms with Crippen molar-refractivity contribution in [1.82, 2.24) is 14.9 Å². The lowest BCUT2D eigenvalue weighted by molar-refractivity contribution is 0.181. The Morgan fingerprint density at radius 1 is 1.27 bits per heavy atom. The molecule has 0 amide bonds. The molecule has 1 aromatic heterocycles. The van der Waals surface area contributed by atoms with Crippen LogP contribution in [-0.2, 0) is 12.8 Å². The van der Waals surface area contributed by atoms with Crippen molar-refractivity contribution >= 4 is 5.95 Å². The van der Waals surface area contributed by atoms with Gasteiger partial charge in [-0.25, -0.2) is 9.97 Å². The van der Waals surface area contributed by atoms with Gasteiger partial charge in [0.15, 0.2) is 0 Å². The number of hydrogen-bond acceptors (Lipinski definition) is 4. The van der Waals surface area contributed by atoms with Crippen molar-refractivity contribution in [3.05, 3.63) is 17.5 Å². The second-order valence-corrected chi connectivity index (χ2v) is 7.02. The molecule has 3 rings (SSSR count). The standard InChI is InChI=1S/C18H30N4/c1-2-22(11-5-8-14-6-3-4-7-14)16-9-10-17-15(12-16)13-20-18(19)21-17/h13-14,16H,2-12H2,1H3,(H2,19,20,21). The van der Waals surface area contributed by atoms with E-state index >= 15 is 0 Å². The van der Waals surface area contributed by atoms with Crippen LogP contribution < -0.4 is 5.73 Å². The van der Waals surface area contributed by atoms with E-state index in [9.17, 15) is 0 Å². The Bertz CT molecular complexity index is 482. The summed E-state index contributed by atoms with van der Waals surface area (Å²) in [5, 5.41) is 0. The zero-order valence-electron chi connectivity index (χ0n) is 13.9. The minimum absolute atomic E-state index is 0.418. The van der Waals surface area contributed by atoms with E-state index in [-0.39, 0.29) is 0 Å². The first-order chi connectivity index (χ1) is 10.8. The van der Waals surface area contributed by atoms with E-state index in [4.69, 9.17) is 5.73 Å². The fourth-order valence-corrected chi connectivity index (χ4v) is 4.30. The van der Waals surface area contributed by atoms with Gasteiger partial charge >= 0.3 is 0 Å². The summed E-state index contributed by atoms with van der Waals surface area (Å²) >= 11 is 0. The van der Waals surface area contributed by atoms with Gasteiger partial charge in [0.2, 0.25) is 5.95 Å². The summed E-state index contributed by atoms with van der Waals surface area (Å²) in [7, 11) is 0. The first kappa shape index (κ1) is 15.7. The number of aryl methyl sites for hydroxylation is 1. The Hall–Kier alpha value is -1.16. The van der Waals surface area contributed by atoms with Gasteiger partial charge in [0.1, 0.15) is 0 Å². The lowest BCUT2D eigenvalue weighted by Crippen LogP contribution is -2.40. The van der Waals surface area contributed by atoms with Crippen molar-refractivity contribution in [2.45, 2.75) is 70.8 Å². The number of anilines is 1. The maximum absolute atomic E-state index is 5.70. The summed E-state index contributed by atoms with van der Waals surface area (Å²) in [5.74, 6) is 1.43. The van der Waals surface area contributed by atoms with Gasteiger partial charge in [-0.15, -0.1) is 0 Å². The number of nitrogens with zero attached hydrogens (tertiary/aromatic N) is 3. The molecule has 2 aliphatic carbocycles. The van der Waals surface area contributed by atoms with Crippen LogP contribution in [0.3, 0.4) is 0 Å². The minimum atomic E-state index is 0.418.